The third kappa shape index (κ3) is 3.12. The predicted octanol–water partition coefficient (Wildman–Crippen LogP) is 4.04. The Morgan fingerprint density at radius 2 is 1.32 bits per heavy atom. The highest BCUT2D eigenvalue weighted by Gasteiger charge is 2.43. The van der Waals surface area contributed by atoms with Crippen molar-refractivity contribution >= 4 is 0 Å². The van der Waals surface area contributed by atoms with Gasteiger partial charge in [-0.2, -0.15) is 0 Å². The van der Waals surface area contributed by atoms with Gasteiger partial charge in [0.15, 0.2) is 6.17 Å². The first-order valence-electron chi connectivity index (χ1n) is 8.11. The molecule has 0 aromatic carbocycles. The van der Waals surface area contributed by atoms with Crippen LogP contribution in [0, 0.1) is 23.7 Å². The summed E-state index contributed by atoms with van der Waals surface area (Å²) in [4.78, 5) is 0. The van der Waals surface area contributed by atoms with Gasteiger partial charge in [-0.05, 0) is 55.8 Å². The smallest absolute Gasteiger partial charge is 0.157 e. The second-order valence-corrected chi connectivity index (χ2v) is 7.16. The summed E-state index contributed by atoms with van der Waals surface area (Å²) >= 11 is 0. The molecule has 0 aromatic rings. The van der Waals surface area contributed by atoms with Crippen molar-refractivity contribution in [1.29, 1.82) is 0 Å². The Morgan fingerprint density at radius 1 is 0.737 bits per heavy atom. The zero-order chi connectivity index (χ0) is 13.4. The topological polar surface area (TPSA) is 20.2 Å². The highest BCUT2D eigenvalue weighted by molar-refractivity contribution is 4.92. The van der Waals surface area contributed by atoms with Crippen LogP contribution in [0.15, 0.2) is 0 Å². The van der Waals surface area contributed by atoms with Gasteiger partial charge >= 0.3 is 0 Å². The van der Waals surface area contributed by atoms with Crippen LogP contribution in [-0.2, 0) is 0 Å². The lowest BCUT2D eigenvalue weighted by atomic mass is 9.69. The van der Waals surface area contributed by atoms with Gasteiger partial charge in [-0.15, -0.1) is 0 Å². The van der Waals surface area contributed by atoms with Crippen molar-refractivity contribution in [2.24, 2.45) is 23.7 Å². The fourth-order valence-corrected chi connectivity index (χ4v) is 4.30. The van der Waals surface area contributed by atoms with Crippen LogP contribution in [0.2, 0.25) is 0 Å². The number of alkyl halides is 2. The molecular formula is C16H26F2O. The second kappa shape index (κ2) is 5.67. The molecule has 0 heterocycles. The normalized spacial score (nSPS) is 48.2. The van der Waals surface area contributed by atoms with Crippen LogP contribution in [0.5, 0.6) is 0 Å². The van der Waals surface area contributed by atoms with E-state index >= 15 is 0 Å². The quantitative estimate of drug-likeness (QED) is 0.822. The van der Waals surface area contributed by atoms with Crippen molar-refractivity contribution in [3.05, 3.63) is 0 Å². The minimum Gasteiger partial charge on any atom is -0.390 e. The van der Waals surface area contributed by atoms with E-state index in [2.05, 4.69) is 0 Å². The van der Waals surface area contributed by atoms with Crippen LogP contribution in [-0.4, -0.2) is 23.6 Å². The van der Waals surface area contributed by atoms with Crippen molar-refractivity contribution in [2.75, 3.05) is 0 Å². The van der Waals surface area contributed by atoms with Crippen molar-refractivity contribution < 1.29 is 13.9 Å². The van der Waals surface area contributed by atoms with Crippen LogP contribution in [0.4, 0.5) is 8.78 Å². The molecule has 0 spiro atoms. The van der Waals surface area contributed by atoms with Crippen molar-refractivity contribution in [1.82, 2.24) is 0 Å². The average molecular weight is 272 g/mol. The molecule has 3 rings (SSSR count). The molecule has 0 aromatic heterocycles. The Bertz CT molecular complexity index is 297. The van der Waals surface area contributed by atoms with Gasteiger partial charge in [-0.1, -0.05) is 25.7 Å². The summed E-state index contributed by atoms with van der Waals surface area (Å²) in [6.45, 7) is 0. The number of halogens is 2. The Balaban J connectivity index is 1.50. The van der Waals surface area contributed by atoms with Gasteiger partial charge in [0.1, 0.15) is 6.17 Å². The summed E-state index contributed by atoms with van der Waals surface area (Å²) in [7, 11) is 0. The number of aliphatic hydroxyl groups is 1. The van der Waals surface area contributed by atoms with Gasteiger partial charge in [0.25, 0.3) is 0 Å². The standard InChI is InChI=1S/C16H26F2O/c17-15-13(7-8-14(19)16(15)18)12-5-3-11(4-6-12)9-10-1-2-10/h10-16,19H,1-9H2. The van der Waals surface area contributed by atoms with Gasteiger partial charge in [0.05, 0.1) is 6.10 Å². The Kier molecular flexibility index (Phi) is 4.11. The Hall–Kier alpha value is -0.180. The molecule has 19 heavy (non-hydrogen) atoms. The lowest BCUT2D eigenvalue weighted by Crippen LogP contribution is -2.44. The molecule has 0 aliphatic heterocycles. The summed E-state index contributed by atoms with van der Waals surface area (Å²) in [5.41, 5.74) is 0. The van der Waals surface area contributed by atoms with E-state index in [1.807, 2.05) is 0 Å². The monoisotopic (exact) mass is 272 g/mol. The minimum absolute atomic E-state index is 0.139. The van der Waals surface area contributed by atoms with Gasteiger partial charge in [0.2, 0.25) is 0 Å². The summed E-state index contributed by atoms with van der Waals surface area (Å²) < 4.78 is 27.7. The number of hydrogen-bond acceptors (Lipinski definition) is 1. The van der Waals surface area contributed by atoms with Crippen LogP contribution in [0.3, 0.4) is 0 Å². The minimum atomic E-state index is -1.65. The third-order valence-electron chi connectivity index (χ3n) is 5.74. The van der Waals surface area contributed by atoms with Gasteiger partial charge in [0, 0.05) is 0 Å². The number of hydrogen-bond donors (Lipinski definition) is 1. The van der Waals surface area contributed by atoms with Crippen LogP contribution >= 0.6 is 0 Å². The first-order valence-corrected chi connectivity index (χ1v) is 8.11. The molecule has 1 nitrogen and oxygen atoms in total. The lowest BCUT2D eigenvalue weighted by molar-refractivity contribution is -0.0549. The summed E-state index contributed by atoms with van der Waals surface area (Å²) in [5.74, 6) is 2.05. The van der Waals surface area contributed by atoms with Crippen LogP contribution < -0.4 is 0 Å². The molecule has 3 fully saturated rings. The van der Waals surface area contributed by atoms with E-state index in [9.17, 15) is 13.9 Å². The fraction of sp³-hybridized carbons (Fsp3) is 1.00. The van der Waals surface area contributed by atoms with Crippen LogP contribution in [0.1, 0.15) is 57.8 Å². The molecule has 0 amide bonds. The molecular weight excluding hydrogens is 246 g/mol. The molecule has 3 heteroatoms. The SMILES string of the molecule is OC1CCC(C2CCC(CC3CC3)CC2)C(F)C1F. The molecule has 3 aliphatic rings. The lowest BCUT2D eigenvalue weighted by Gasteiger charge is -2.40. The maximum atomic E-state index is 14.1. The third-order valence-corrected chi connectivity index (χ3v) is 5.74. The van der Waals surface area contributed by atoms with Gasteiger partial charge in [-0.25, -0.2) is 8.78 Å². The van der Waals surface area contributed by atoms with Gasteiger partial charge < -0.3 is 5.11 Å². The highest BCUT2D eigenvalue weighted by atomic mass is 19.2. The van der Waals surface area contributed by atoms with E-state index in [-0.39, 0.29) is 5.92 Å². The van der Waals surface area contributed by atoms with Gasteiger partial charge in [-0.3, -0.25) is 0 Å². The molecule has 4 atom stereocenters. The maximum absolute atomic E-state index is 14.1. The molecule has 0 bridgehead atoms. The van der Waals surface area contributed by atoms with E-state index in [0.717, 1.165) is 24.7 Å². The van der Waals surface area contributed by atoms with E-state index in [1.54, 1.807) is 0 Å². The average Bonchev–Trinajstić information content (AvgIpc) is 3.22. The molecule has 3 saturated carbocycles. The first kappa shape index (κ1) is 13.8. The Labute approximate surface area is 114 Å². The molecule has 0 radical (unpaired) electrons. The highest BCUT2D eigenvalue weighted by Crippen LogP contribution is 2.45. The predicted molar refractivity (Wildman–Crippen MR) is 71.3 cm³/mol. The van der Waals surface area contributed by atoms with Crippen molar-refractivity contribution in [3.8, 4) is 0 Å². The second-order valence-electron chi connectivity index (χ2n) is 7.16. The van der Waals surface area contributed by atoms with E-state index in [1.165, 1.54) is 32.1 Å². The molecule has 110 valence electrons. The molecule has 4 unspecified atom stereocenters. The first-order chi connectivity index (χ1) is 9.15. The number of aliphatic hydroxyl groups excluding tert-OH is 1. The molecule has 3 aliphatic carbocycles. The molecule has 1 N–H and O–H groups in total. The van der Waals surface area contributed by atoms with Crippen molar-refractivity contribution in [3.63, 3.8) is 0 Å². The Morgan fingerprint density at radius 3 is 1.89 bits per heavy atom. The number of rotatable bonds is 3. The van der Waals surface area contributed by atoms with Crippen molar-refractivity contribution in [2.45, 2.75) is 76.2 Å². The summed E-state index contributed by atoms with van der Waals surface area (Å²) in [6, 6.07) is 0. The fourth-order valence-electron chi connectivity index (χ4n) is 4.30. The van der Waals surface area contributed by atoms with E-state index < -0.39 is 18.4 Å². The maximum Gasteiger partial charge on any atom is 0.157 e. The molecule has 0 saturated heterocycles. The van der Waals surface area contributed by atoms with Crippen LogP contribution in [0.25, 0.3) is 0 Å². The summed E-state index contributed by atoms with van der Waals surface area (Å²) in [5, 5.41) is 9.40. The van der Waals surface area contributed by atoms with E-state index in [4.69, 9.17) is 0 Å². The zero-order valence-electron chi connectivity index (χ0n) is 11.6. The largest absolute Gasteiger partial charge is 0.390 e. The zero-order valence-corrected chi connectivity index (χ0v) is 11.6. The van der Waals surface area contributed by atoms with E-state index in [0.29, 0.717) is 18.8 Å². The summed E-state index contributed by atoms with van der Waals surface area (Å²) in [6.07, 6.45) is 5.72.